The van der Waals surface area contributed by atoms with Crippen molar-refractivity contribution in [1.29, 1.82) is 0 Å². The highest BCUT2D eigenvalue weighted by molar-refractivity contribution is 5.17. The Kier molecular flexibility index (Phi) is 3.52. The molecule has 3 N–H and O–H groups in total. The summed E-state index contributed by atoms with van der Waals surface area (Å²) in [5.41, 5.74) is -0.299. The number of aliphatic hydroxyl groups is 3. The molecule has 0 aromatic rings. The summed E-state index contributed by atoms with van der Waals surface area (Å²) < 4.78 is 0. The van der Waals surface area contributed by atoms with Gasteiger partial charge in [-0.3, -0.25) is 0 Å². The van der Waals surface area contributed by atoms with Crippen LogP contribution in [0.15, 0.2) is 0 Å². The standard InChI is InChI=1S/C20H34O3/c1-17(12-21)7-3-8-20(13-22)15(17)6-9-19-10-14(4-5-16(19)20)18(2,23)11-19/h14-16,21-23H,3-13H2,1-2H3/t14?,15-,16-,17+,18-,19+,20+/m1/s1. The third-order valence-electron chi connectivity index (χ3n) is 8.99. The summed E-state index contributed by atoms with van der Waals surface area (Å²) in [4.78, 5) is 0. The molecule has 1 spiro atoms. The van der Waals surface area contributed by atoms with E-state index in [-0.39, 0.29) is 29.5 Å². The molecule has 0 saturated heterocycles. The van der Waals surface area contributed by atoms with E-state index in [2.05, 4.69) is 6.92 Å². The van der Waals surface area contributed by atoms with E-state index >= 15 is 0 Å². The molecule has 7 atom stereocenters. The second-order valence-corrected chi connectivity index (χ2v) is 10.1. The summed E-state index contributed by atoms with van der Waals surface area (Å²) in [6.45, 7) is 4.81. The van der Waals surface area contributed by atoms with E-state index in [1.165, 1.54) is 12.8 Å². The van der Waals surface area contributed by atoms with Crippen LogP contribution < -0.4 is 0 Å². The first-order valence-corrected chi connectivity index (χ1v) is 9.76. The van der Waals surface area contributed by atoms with Gasteiger partial charge in [0, 0.05) is 18.6 Å². The van der Waals surface area contributed by atoms with Crippen LogP contribution in [0.4, 0.5) is 0 Å². The Bertz CT molecular complexity index is 489. The number of hydrogen-bond donors (Lipinski definition) is 3. The fourth-order valence-electron chi connectivity index (χ4n) is 8.09. The van der Waals surface area contributed by atoms with Crippen LogP contribution in [0.3, 0.4) is 0 Å². The largest absolute Gasteiger partial charge is 0.396 e. The second-order valence-electron chi connectivity index (χ2n) is 10.1. The Balaban J connectivity index is 1.75. The van der Waals surface area contributed by atoms with Crippen molar-refractivity contribution in [1.82, 2.24) is 0 Å². The monoisotopic (exact) mass is 322 g/mol. The lowest BCUT2D eigenvalue weighted by molar-refractivity contribution is -0.185. The summed E-state index contributed by atoms with van der Waals surface area (Å²) in [6.07, 6.45) is 10.0. The molecule has 132 valence electrons. The summed E-state index contributed by atoms with van der Waals surface area (Å²) in [5, 5.41) is 31.5. The minimum absolute atomic E-state index is 0.0145. The van der Waals surface area contributed by atoms with Gasteiger partial charge in [0.1, 0.15) is 0 Å². The molecule has 0 heterocycles. The Labute approximate surface area is 140 Å². The van der Waals surface area contributed by atoms with Gasteiger partial charge < -0.3 is 15.3 Å². The molecule has 1 unspecified atom stereocenters. The van der Waals surface area contributed by atoms with Crippen molar-refractivity contribution in [3.8, 4) is 0 Å². The van der Waals surface area contributed by atoms with E-state index in [9.17, 15) is 15.3 Å². The van der Waals surface area contributed by atoms with Gasteiger partial charge in [0.2, 0.25) is 0 Å². The minimum Gasteiger partial charge on any atom is -0.396 e. The quantitative estimate of drug-likeness (QED) is 0.732. The Morgan fingerprint density at radius 1 is 0.913 bits per heavy atom. The fraction of sp³-hybridized carbons (Fsp3) is 1.00. The lowest BCUT2D eigenvalue weighted by Gasteiger charge is -2.64. The topological polar surface area (TPSA) is 60.7 Å². The molecule has 0 aromatic carbocycles. The highest BCUT2D eigenvalue weighted by Gasteiger charge is 2.67. The Morgan fingerprint density at radius 2 is 1.70 bits per heavy atom. The molecule has 2 bridgehead atoms. The highest BCUT2D eigenvalue weighted by Crippen LogP contribution is 2.72. The Hall–Kier alpha value is -0.120. The second kappa shape index (κ2) is 4.95. The van der Waals surface area contributed by atoms with Crippen LogP contribution in [0, 0.1) is 34.0 Å². The number of fused-ring (bicyclic) bond motifs is 3. The molecular weight excluding hydrogens is 288 g/mol. The third kappa shape index (κ3) is 1.99. The molecule has 4 rings (SSSR count). The predicted octanol–water partition coefficient (Wildman–Crippen LogP) is 3.12. The van der Waals surface area contributed by atoms with Crippen molar-refractivity contribution < 1.29 is 15.3 Å². The summed E-state index contributed by atoms with van der Waals surface area (Å²) in [6, 6.07) is 0. The maximum absolute atomic E-state index is 10.9. The predicted molar refractivity (Wildman–Crippen MR) is 89.8 cm³/mol. The molecule has 0 aromatic heterocycles. The molecule has 0 radical (unpaired) electrons. The van der Waals surface area contributed by atoms with Crippen molar-refractivity contribution in [3.63, 3.8) is 0 Å². The molecule has 4 fully saturated rings. The van der Waals surface area contributed by atoms with Crippen LogP contribution in [0.5, 0.6) is 0 Å². The van der Waals surface area contributed by atoms with Gasteiger partial charge in [-0.05, 0) is 86.9 Å². The minimum atomic E-state index is -0.507. The van der Waals surface area contributed by atoms with Crippen molar-refractivity contribution in [2.75, 3.05) is 13.2 Å². The molecule has 3 heteroatoms. The maximum Gasteiger partial charge on any atom is 0.0653 e. The van der Waals surface area contributed by atoms with Crippen molar-refractivity contribution in [2.45, 2.75) is 77.2 Å². The number of aliphatic hydroxyl groups excluding tert-OH is 2. The van der Waals surface area contributed by atoms with E-state index in [1.54, 1.807) is 0 Å². The number of rotatable bonds is 2. The molecule has 4 aliphatic rings. The molecule has 23 heavy (non-hydrogen) atoms. The maximum atomic E-state index is 10.9. The lowest BCUT2D eigenvalue weighted by Crippen LogP contribution is -2.60. The van der Waals surface area contributed by atoms with Gasteiger partial charge in [0.25, 0.3) is 0 Å². The first kappa shape index (κ1) is 16.4. The molecule has 3 nitrogen and oxygen atoms in total. The van der Waals surface area contributed by atoms with E-state index < -0.39 is 5.60 Å². The summed E-state index contributed by atoms with van der Waals surface area (Å²) in [5.74, 6) is 1.44. The van der Waals surface area contributed by atoms with Gasteiger partial charge in [-0.15, -0.1) is 0 Å². The zero-order chi connectivity index (χ0) is 16.5. The zero-order valence-corrected chi connectivity index (χ0v) is 14.9. The molecule has 0 aliphatic heterocycles. The fourth-order valence-corrected chi connectivity index (χ4v) is 8.09. The first-order valence-electron chi connectivity index (χ1n) is 9.76. The molecule has 4 saturated carbocycles. The SMILES string of the molecule is C[C@@]1(CO)CCC[C@]2(CO)[C@@H]1CC[C@@]13CC(CC[C@H]12)[C@](C)(O)C3. The third-order valence-corrected chi connectivity index (χ3v) is 8.99. The molecule has 4 aliphatic carbocycles. The van der Waals surface area contributed by atoms with Gasteiger partial charge in [0.05, 0.1) is 5.60 Å². The van der Waals surface area contributed by atoms with Crippen LogP contribution in [0.25, 0.3) is 0 Å². The number of hydrogen-bond acceptors (Lipinski definition) is 3. The molecule has 0 amide bonds. The average molecular weight is 322 g/mol. The lowest BCUT2D eigenvalue weighted by atomic mass is 9.40. The average Bonchev–Trinajstić information content (AvgIpc) is 2.71. The van der Waals surface area contributed by atoms with Crippen molar-refractivity contribution in [3.05, 3.63) is 0 Å². The van der Waals surface area contributed by atoms with E-state index in [4.69, 9.17) is 0 Å². The normalized spacial score (nSPS) is 58.6. The first-order chi connectivity index (χ1) is 10.8. The van der Waals surface area contributed by atoms with Gasteiger partial charge in [-0.25, -0.2) is 0 Å². The Morgan fingerprint density at radius 3 is 2.39 bits per heavy atom. The van der Waals surface area contributed by atoms with Crippen LogP contribution in [-0.2, 0) is 0 Å². The van der Waals surface area contributed by atoms with Gasteiger partial charge in [-0.2, -0.15) is 0 Å². The molecular formula is C20H34O3. The van der Waals surface area contributed by atoms with Gasteiger partial charge >= 0.3 is 0 Å². The summed E-state index contributed by atoms with van der Waals surface area (Å²) in [7, 11) is 0. The van der Waals surface area contributed by atoms with Gasteiger partial charge in [0.15, 0.2) is 0 Å². The van der Waals surface area contributed by atoms with E-state index in [0.717, 1.165) is 44.9 Å². The van der Waals surface area contributed by atoms with E-state index in [1.807, 2.05) is 6.92 Å². The van der Waals surface area contributed by atoms with E-state index in [0.29, 0.717) is 17.8 Å². The summed E-state index contributed by atoms with van der Waals surface area (Å²) >= 11 is 0. The zero-order valence-electron chi connectivity index (χ0n) is 14.9. The van der Waals surface area contributed by atoms with Crippen molar-refractivity contribution >= 4 is 0 Å². The van der Waals surface area contributed by atoms with Gasteiger partial charge in [-0.1, -0.05) is 13.3 Å². The van der Waals surface area contributed by atoms with Crippen LogP contribution >= 0.6 is 0 Å². The smallest absolute Gasteiger partial charge is 0.0653 e. The van der Waals surface area contributed by atoms with Crippen LogP contribution in [0.1, 0.15) is 71.6 Å². The van der Waals surface area contributed by atoms with Crippen LogP contribution in [-0.4, -0.2) is 34.1 Å². The van der Waals surface area contributed by atoms with Crippen molar-refractivity contribution in [2.24, 2.45) is 34.0 Å². The van der Waals surface area contributed by atoms with Crippen LogP contribution in [0.2, 0.25) is 0 Å². The highest BCUT2D eigenvalue weighted by atomic mass is 16.3.